The van der Waals surface area contributed by atoms with E-state index >= 15 is 0 Å². The lowest BCUT2D eigenvalue weighted by Crippen LogP contribution is -2.03. The van der Waals surface area contributed by atoms with Crippen LogP contribution in [0.5, 0.6) is 0 Å². The number of carbonyl (C=O) groups excluding carboxylic acids is 1. The predicted molar refractivity (Wildman–Crippen MR) is 60.5 cm³/mol. The first kappa shape index (κ1) is 11.5. The first-order valence-corrected chi connectivity index (χ1v) is 5.30. The minimum Gasteiger partial charge on any atom is -0.296 e. The Morgan fingerprint density at radius 1 is 1.37 bits per heavy atom. The first-order chi connectivity index (χ1) is 9.20. The van der Waals surface area contributed by atoms with Crippen LogP contribution in [0.4, 0.5) is 8.78 Å². The van der Waals surface area contributed by atoms with Gasteiger partial charge in [-0.3, -0.25) is 9.20 Å². The molecule has 3 rings (SSSR count). The Balaban J connectivity index is 2.36. The number of nitrogens with zero attached hydrogens (tertiary/aromatic N) is 5. The molecule has 19 heavy (non-hydrogen) atoms. The van der Waals surface area contributed by atoms with Gasteiger partial charge in [-0.25, -0.2) is 23.4 Å². The molecule has 0 spiro atoms. The molecule has 96 valence electrons. The number of fused-ring (bicyclic) bond motifs is 1. The average molecular weight is 263 g/mol. The summed E-state index contributed by atoms with van der Waals surface area (Å²) >= 11 is 0. The number of imidazole rings is 1. The van der Waals surface area contributed by atoms with Gasteiger partial charge in [-0.15, -0.1) is 0 Å². The topological polar surface area (TPSA) is 65.1 Å². The standard InChI is InChI=1S/C11H7F2N5O/c12-10(13)7-1-9(18-6-14-5-16-18)11-15-2-8(4-19)17(11)3-7/h1-6,10H. The van der Waals surface area contributed by atoms with Crippen molar-refractivity contribution in [1.29, 1.82) is 0 Å². The van der Waals surface area contributed by atoms with Crippen molar-refractivity contribution < 1.29 is 13.6 Å². The molecule has 6 nitrogen and oxygen atoms in total. The van der Waals surface area contributed by atoms with Crippen LogP contribution in [-0.4, -0.2) is 30.4 Å². The van der Waals surface area contributed by atoms with E-state index in [1.807, 2.05) is 0 Å². The van der Waals surface area contributed by atoms with Crippen molar-refractivity contribution in [3.05, 3.63) is 42.4 Å². The van der Waals surface area contributed by atoms with Crippen LogP contribution in [0, 0.1) is 0 Å². The zero-order chi connectivity index (χ0) is 13.4. The molecule has 8 heteroatoms. The third-order valence-corrected chi connectivity index (χ3v) is 2.67. The molecule has 3 aromatic heterocycles. The summed E-state index contributed by atoms with van der Waals surface area (Å²) < 4.78 is 28.4. The van der Waals surface area contributed by atoms with E-state index < -0.39 is 6.43 Å². The van der Waals surface area contributed by atoms with Gasteiger partial charge in [-0.2, -0.15) is 5.10 Å². The van der Waals surface area contributed by atoms with Gasteiger partial charge < -0.3 is 0 Å². The quantitative estimate of drug-likeness (QED) is 0.674. The van der Waals surface area contributed by atoms with Gasteiger partial charge in [0, 0.05) is 11.8 Å². The largest absolute Gasteiger partial charge is 0.296 e. The normalized spacial score (nSPS) is 11.3. The molecule has 0 aliphatic rings. The molecular formula is C11H7F2N5O. The Labute approximate surface area is 105 Å². The number of hydrogen-bond acceptors (Lipinski definition) is 4. The molecule has 0 radical (unpaired) electrons. The highest BCUT2D eigenvalue weighted by molar-refractivity contribution is 5.76. The number of aldehydes is 1. The number of aromatic nitrogens is 5. The second-order valence-corrected chi connectivity index (χ2v) is 3.79. The zero-order valence-corrected chi connectivity index (χ0v) is 9.44. The SMILES string of the molecule is O=Cc1cnc2c(-n3cncn3)cc(C(F)F)cn12. The molecule has 3 aromatic rings. The molecule has 0 atom stereocenters. The van der Waals surface area contributed by atoms with Gasteiger partial charge in [0.25, 0.3) is 6.43 Å². The maximum absolute atomic E-state index is 12.9. The molecule has 0 amide bonds. The summed E-state index contributed by atoms with van der Waals surface area (Å²) in [4.78, 5) is 18.7. The molecule has 0 aliphatic heterocycles. The fraction of sp³-hybridized carbons (Fsp3) is 0.0909. The maximum Gasteiger partial charge on any atom is 0.265 e. The highest BCUT2D eigenvalue weighted by Crippen LogP contribution is 2.24. The summed E-state index contributed by atoms with van der Waals surface area (Å²) in [5.41, 5.74) is 0.665. The molecular weight excluding hydrogens is 256 g/mol. The molecule has 0 N–H and O–H groups in total. The summed E-state index contributed by atoms with van der Waals surface area (Å²) in [7, 11) is 0. The fourth-order valence-electron chi connectivity index (χ4n) is 1.82. The van der Waals surface area contributed by atoms with Crippen LogP contribution in [0.1, 0.15) is 22.5 Å². The van der Waals surface area contributed by atoms with Crippen LogP contribution in [0.25, 0.3) is 11.3 Å². The third-order valence-electron chi connectivity index (χ3n) is 2.67. The van der Waals surface area contributed by atoms with Gasteiger partial charge in [0.05, 0.1) is 6.20 Å². The van der Waals surface area contributed by atoms with Crippen molar-refractivity contribution >= 4 is 11.9 Å². The summed E-state index contributed by atoms with van der Waals surface area (Å²) in [5, 5.41) is 3.89. The fourth-order valence-corrected chi connectivity index (χ4v) is 1.82. The summed E-state index contributed by atoms with van der Waals surface area (Å²) in [6.07, 6.45) is 3.07. The second-order valence-electron chi connectivity index (χ2n) is 3.79. The third kappa shape index (κ3) is 1.77. The Morgan fingerprint density at radius 2 is 2.21 bits per heavy atom. The zero-order valence-electron chi connectivity index (χ0n) is 9.44. The molecule has 0 saturated heterocycles. The minimum atomic E-state index is -2.66. The number of hydrogen-bond donors (Lipinski definition) is 0. The van der Waals surface area contributed by atoms with E-state index in [1.165, 1.54) is 40.2 Å². The smallest absolute Gasteiger partial charge is 0.265 e. The van der Waals surface area contributed by atoms with E-state index in [-0.39, 0.29) is 11.3 Å². The lowest BCUT2D eigenvalue weighted by molar-refractivity contribution is 0.111. The van der Waals surface area contributed by atoms with E-state index in [0.717, 1.165) is 0 Å². The Kier molecular flexibility index (Phi) is 2.55. The van der Waals surface area contributed by atoms with E-state index in [0.29, 0.717) is 17.6 Å². The van der Waals surface area contributed by atoms with E-state index in [4.69, 9.17) is 0 Å². The highest BCUT2D eigenvalue weighted by Gasteiger charge is 2.16. The van der Waals surface area contributed by atoms with E-state index in [1.54, 1.807) is 0 Å². The van der Waals surface area contributed by atoms with Gasteiger partial charge in [-0.05, 0) is 6.07 Å². The van der Waals surface area contributed by atoms with Crippen molar-refractivity contribution in [3.63, 3.8) is 0 Å². The van der Waals surface area contributed by atoms with Crippen LogP contribution < -0.4 is 0 Å². The average Bonchev–Trinajstić information content (AvgIpc) is 3.06. The van der Waals surface area contributed by atoms with E-state index in [9.17, 15) is 13.6 Å². The second kappa shape index (κ2) is 4.23. The Bertz CT molecular complexity index is 735. The van der Waals surface area contributed by atoms with Gasteiger partial charge in [0.15, 0.2) is 11.9 Å². The molecule has 0 bridgehead atoms. The predicted octanol–water partition coefficient (Wildman–Crippen LogP) is 1.67. The Hall–Kier alpha value is -2.64. The molecule has 0 saturated carbocycles. The maximum atomic E-state index is 12.9. The van der Waals surface area contributed by atoms with Crippen molar-refractivity contribution in [2.75, 3.05) is 0 Å². The molecule has 0 aliphatic carbocycles. The number of alkyl halides is 2. The summed E-state index contributed by atoms with van der Waals surface area (Å²) in [6, 6.07) is 1.27. The van der Waals surface area contributed by atoms with Gasteiger partial charge >= 0.3 is 0 Å². The lowest BCUT2D eigenvalue weighted by Gasteiger charge is -2.07. The van der Waals surface area contributed by atoms with Crippen molar-refractivity contribution in [2.45, 2.75) is 6.43 Å². The summed E-state index contributed by atoms with van der Waals surface area (Å²) in [5.74, 6) is 0. The monoisotopic (exact) mass is 263 g/mol. The molecule has 0 fully saturated rings. The number of pyridine rings is 1. The van der Waals surface area contributed by atoms with Crippen LogP contribution in [-0.2, 0) is 0 Å². The Morgan fingerprint density at radius 3 is 2.84 bits per heavy atom. The van der Waals surface area contributed by atoms with Crippen LogP contribution in [0.3, 0.4) is 0 Å². The van der Waals surface area contributed by atoms with Gasteiger partial charge in [-0.1, -0.05) is 0 Å². The first-order valence-electron chi connectivity index (χ1n) is 5.30. The van der Waals surface area contributed by atoms with E-state index in [2.05, 4.69) is 15.1 Å². The lowest BCUT2D eigenvalue weighted by atomic mass is 10.2. The van der Waals surface area contributed by atoms with Crippen molar-refractivity contribution in [2.24, 2.45) is 0 Å². The molecule has 0 aromatic carbocycles. The molecule has 3 heterocycles. The highest BCUT2D eigenvalue weighted by atomic mass is 19.3. The van der Waals surface area contributed by atoms with Crippen molar-refractivity contribution in [3.8, 4) is 5.69 Å². The number of halogens is 2. The number of rotatable bonds is 3. The van der Waals surface area contributed by atoms with Gasteiger partial charge in [0.1, 0.15) is 24.0 Å². The van der Waals surface area contributed by atoms with Crippen molar-refractivity contribution in [1.82, 2.24) is 24.1 Å². The number of carbonyl (C=O) groups is 1. The summed E-state index contributed by atoms with van der Waals surface area (Å²) in [6.45, 7) is 0. The molecule has 0 unspecified atom stereocenters. The minimum absolute atomic E-state index is 0.193. The van der Waals surface area contributed by atoms with Crippen LogP contribution >= 0.6 is 0 Å². The van der Waals surface area contributed by atoms with Crippen LogP contribution in [0.2, 0.25) is 0 Å². The van der Waals surface area contributed by atoms with Crippen LogP contribution in [0.15, 0.2) is 31.1 Å². The van der Waals surface area contributed by atoms with Gasteiger partial charge in [0.2, 0.25) is 0 Å².